The van der Waals surface area contributed by atoms with Crippen molar-refractivity contribution >= 4 is 17.6 Å². The SMILES string of the molecule is O=C1OC(c2ccccc2)=NC1c1ccc(-c2ccccc2[N+](=O)[O-])o1. The number of nitro groups is 1. The van der Waals surface area contributed by atoms with E-state index in [9.17, 15) is 14.9 Å². The van der Waals surface area contributed by atoms with E-state index in [0.717, 1.165) is 0 Å². The second kappa shape index (κ2) is 6.29. The predicted molar refractivity (Wildman–Crippen MR) is 92.6 cm³/mol. The maximum Gasteiger partial charge on any atom is 0.345 e. The number of aliphatic imine (C=N–C) groups is 1. The van der Waals surface area contributed by atoms with Crippen LogP contribution in [0.2, 0.25) is 0 Å². The van der Waals surface area contributed by atoms with Gasteiger partial charge in [-0.1, -0.05) is 30.3 Å². The molecule has 1 unspecified atom stereocenters. The van der Waals surface area contributed by atoms with Crippen molar-refractivity contribution in [1.82, 2.24) is 0 Å². The number of esters is 1. The molecule has 1 atom stereocenters. The number of hydrogen-bond acceptors (Lipinski definition) is 6. The van der Waals surface area contributed by atoms with Crippen molar-refractivity contribution in [2.45, 2.75) is 6.04 Å². The number of nitrogens with zero attached hydrogens (tertiary/aromatic N) is 2. The molecule has 3 aromatic rings. The van der Waals surface area contributed by atoms with E-state index in [2.05, 4.69) is 4.99 Å². The third-order valence-corrected chi connectivity index (χ3v) is 3.95. The smallest absolute Gasteiger partial charge is 0.345 e. The largest absolute Gasteiger partial charge is 0.458 e. The van der Waals surface area contributed by atoms with E-state index in [1.807, 2.05) is 18.2 Å². The summed E-state index contributed by atoms with van der Waals surface area (Å²) in [5, 5.41) is 11.2. The Balaban J connectivity index is 1.68. The minimum Gasteiger partial charge on any atom is -0.458 e. The summed E-state index contributed by atoms with van der Waals surface area (Å²) in [6, 6.07) is 17.5. The van der Waals surface area contributed by atoms with Gasteiger partial charge in [0.25, 0.3) is 5.69 Å². The molecule has 0 saturated heterocycles. The van der Waals surface area contributed by atoms with Gasteiger partial charge >= 0.3 is 5.97 Å². The second-order valence-corrected chi connectivity index (χ2v) is 5.60. The number of nitro benzene ring substituents is 1. The lowest BCUT2D eigenvalue weighted by atomic mass is 10.1. The van der Waals surface area contributed by atoms with Gasteiger partial charge in [-0.3, -0.25) is 10.1 Å². The van der Waals surface area contributed by atoms with Crippen LogP contribution in [0.15, 0.2) is 76.1 Å². The average Bonchev–Trinajstić information content (AvgIpc) is 3.29. The van der Waals surface area contributed by atoms with Crippen LogP contribution in [0, 0.1) is 10.1 Å². The van der Waals surface area contributed by atoms with Crippen LogP contribution in [-0.2, 0) is 9.53 Å². The number of ether oxygens (including phenoxy) is 1. The van der Waals surface area contributed by atoms with Gasteiger partial charge in [-0.25, -0.2) is 9.79 Å². The van der Waals surface area contributed by atoms with Crippen LogP contribution >= 0.6 is 0 Å². The van der Waals surface area contributed by atoms with Crippen molar-refractivity contribution in [1.29, 1.82) is 0 Å². The number of furan rings is 1. The topological polar surface area (TPSA) is 94.9 Å². The van der Waals surface area contributed by atoms with Crippen molar-refractivity contribution < 1.29 is 18.9 Å². The summed E-state index contributed by atoms with van der Waals surface area (Å²) in [6.07, 6.45) is 0. The Morgan fingerprint density at radius 1 is 0.962 bits per heavy atom. The number of para-hydroxylation sites is 1. The zero-order valence-corrected chi connectivity index (χ0v) is 13.4. The lowest BCUT2D eigenvalue weighted by Gasteiger charge is -2.01. The normalized spacial score (nSPS) is 16.2. The van der Waals surface area contributed by atoms with Crippen molar-refractivity contribution in [3.8, 4) is 11.3 Å². The Bertz CT molecular complexity index is 1020. The molecule has 7 nitrogen and oxygen atoms in total. The number of carbonyl (C=O) groups is 1. The van der Waals surface area contributed by atoms with Gasteiger partial charge in [0.15, 0.2) is 0 Å². The van der Waals surface area contributed by atoms with E-state index < -0.39 is 16.9 Å². The molecular weight excluding hydrogens is 336 g/mol. The molecule has 0 fully saturated rings. The van der Waals surface area contributed by atoms with E-state index in [4.69, 9.17) is 9.15 Å². The molecule has 0 amide bonds. The van der Waals surface area contributed by atoms with Crippen LogP contribution in [0.5, 0.6) is 0 Å². The zero-order chi connectivity index (χ0) is 18.1. The highest BCUT2D eigenvalue weighted by molar-refractivity contribution is 6.06. The molecule has 0 bridgehead atoms. The van der Waals surface area contributed by atoms with Gasteiger partial charge in [-0.05, 0) is 30.3 Å². The number of benzene rings is 2. The zero-order valence-electron chi connectivity index (χ0n) is 13.4. The molecule has 0 radical (unpaired) electrons. The van der Waals surface area contributed by atoms with Gasteiger partial charge in [0.2, 0.25) is 11.9 Å². The number of carbonyl (C=O) groups excluding carboxylic acids is 1. The van der Waals surface area contributed by atoms with Gasteiger partial charge in [0.1, 0.15) is 11.5 Å². The maximum atomic E-state index is 12.2. The fraction of sp³-hybridized carbons (Fsp3) is 0.0526. The molecule has 1 aliphatic rings. The quantitative estimate of drug-likeness (QED) is 0.405. The molecule has 26 heavy (non-hydrogen) atoms. The molecule has 2 heterocycles. The first-order valence-electron chi connectivity index (χ1n) is 7.82. The molecule has 0 N–H and O–H groups in total. The fourth-order valence-corrected chi connectivity index (χ4v) is 2.73. The molecule has 4 rings (SSSR count). The Morgan fingerprint density at radius 3 is 2.46 bits per heavy atom. The van der Waals surface area contributed by atoms with Crippen LogP contribution in [0.1, 0.15) is 17.4 Å². The lowest BCUT2D eigenvalue weighted by molar-refractivity contribution is -0.384. The van der Waals surface area contributed by atoms with Gasteiger partial charge in [0, 0.05) is 11.6 Å². The Labute approximate surface area is 147 Å². The Kier molecular flexibility index (Phi) is 3.81. The van der Waals surface area contributed by atoms with E-state index in [1.165, 1.54) is 6.07 Å². The maximum absolute atomic E-state index is 12.2. The molecule has 0 spiro atoms. The van der Waals surface area contributed by atoms with E-state index in [0.29, 0.717) is 16.9 Å². The molecule has 2 aromatic carbocycles. The summed E-state index contributed by atoms with van der Waals surface area (Å²) in [5.41, 5.74) is 0.951. The first-order valence-corrected chi connectivity index (χ1v) is 7.82. The van der Waals surface area contributed by atoms with Crippen molar-refractivity contribution in [2.75, 3.05) is 0 Å². The Morgan fingerprint density at radius 2 is 1.69 bits per heavy atom. The van der Waals surface area contributed by atoms with Gasteiger partial charge in [0.05, 0.1) is 10.5 Å². The highest BCUT2D eigenvalue weighted by atomic mass is 16.6. The summed E-state index contributed by atoms with van der Waals surface area (Å²) >= 11 is 0. The number of rotatable bonds is 4. The third kappa shape index (κ3) is 2.75. The van der Waals surface area contributed by atoms with E-state index >= 15 is 0 Å². The lowest BCUT2D eigenvalue weighted by Crippen LogP contribution is -2.08. The molecule has 1 aliphatic heterocycles. The molecule has 0 aliphatic carbocycles. The molecular formula is C19H12N2O5. The predicted octanol–water partition coefficient (Wildman–Crippen LogP) is 3.90. The van der Waals surface area contributed by atoms with E-state index in [1.54, 1.807) is 42.5 Å². The fourth-order valence-electron chi connectivity index (χ4n) is 2.73. The van der Waals surface area contributed by atoms with Crippen LogP contribution in [0.4, 0.5) is 5.69 Å². The first kappa shape index (κ1) is 15.8. The summed E-state index contributed by atoms with van der Waals surface area (Å²) in [7, 11) is 0. The van der Waals surface area contributed by atoms with Gasteiger partial charge in [-0.2, -0.15) is 0 Å². The highest BCUT2D eigenvalue weighted by Gasteiger charge is 2.34. The van der Waals surface area contributed by atoms with Gasteiger partial charge < -0.3 is 9.15 Å². The Hall–Kier alpha value is -3.74. The minimum absolute atomic E-state index is 0.0733. The molecule has 1 aromatic heterocycles. The van der Waals surface area contributed by atoms with Crippen molar-refractivity contribution in [3.05, 3.63) is 88.2 Å². The number of cyclic esters (lactones) is 1. The highest BCUT2D eigenvalue weighted by Crippen LogP contribution is 2.34. The minimum atomic E-state index is -0.929. The summed E-state index contributed by atoms with van der Waals surface area (Å²) in [5.74, 6) is 0.245. The molecule has 7 heteroatoms. The van der Waals surface area contributed by atoms with Crippen LogP contribution in [0.3, 0.4) is 0 Å². The molecule has 128 valence electrons. The average molecular weight is 348 g/mol. The van der Waals surface area contributed by atoms with Gasteiger partial charge in [-0.15, -0.1) is 0 Å². The summed E-state index contributed by atoms with van der Waals surface area (Å²) < 4.78 is 10.9. The van der Waals surface area contributed by atoms with Crippen molar-refractivity contribution in [2.24, 2.45) is 4.99 Å². The van der Waals surface area contributed by atoms with Crippen molar-refractivity contribution in [3.63, 3.8) is 0 Å². The number of hydrogen-bond donors (Lipinski definition) is 0. The monoisotopic (exact) mass is 348 g/mol. The first-order chi connectivity index (χ1) is 12.6. The molecule has 0 saturated carbocycles. The van der Waals surface area contributed by atoms with Crippen LogP contribution in [-0.4, -0.2) is 16.8 Å². The van der Waals surface area contributed by atoms with Crippen LogP contribution in [0.25, 0.3) is 11.3 Å². The second-order valence-electron chi connectivity index (χ2n) is 5.60. The standard InChI is InChI=1S/C19H12N2O5/c22-19-17(20-18(26-19)12-6-2-1-3-7-12)16-11-10-15(25-16)13-8-4-5-9-14(13)21(23)24/h1-11,17H. The summed E-state index contributed by atoms with van der Waals surface area (Å²) in [6.45, 7) is 0. The summed E-state index contributed by atoms with van der Waals surface area (Å²) in [4.78, 5) is 27.2. The van der Waals surface area contributed by atoms with Crippen LogP contribution < -0.4 is 0 Å². The van der Waals surface area contributed by atoms with E-state index in [-0.39, 0.29) is 17.3 Å². The third-order valence-electron chi connectivity index (χ3n) is 3.95.